The van der Waals surface area contributed by atoms with Crippen LogP contribution in [0.5, 0.6) is 0 Å². The molecule has 26 heavy (non-hydrogen) atoms. The van der Waals surface area contributed by atoms with Crippen molar-refractivity contribution in [2.45, 2.75) is 25.3 Å². The van der Waals surface area contributed by atoms with E-state index in [2.05, 4.69) is 15.7 Å². The Hall–Kier alpha value is -2.68. The number of benzene rings is 2. The third kappa shape index (κ3) is 5.69. The van der Waals surface area contributed by atoms with Gasteiger partial charge >= 0.3 is 0 Å². The predicted octanol–water partition coefficient (Wildman–Crippen LogP) is 1.93. The summed E-state index contributed by atoms with van der Waals surface area (Å²) in [5, 5.41) is 0. The molecule has 0 aromatic heterocycles. The monoisotopic (exact) mass is 375 g/mol. The molecule has 0 atom stereocenters. The molecule has 2 aromatic rings. The second-order valence-corrected chi connectivity index (χ2v) is 7.13. The number of carbonyl (C=O) groups is 1. The molecule has 0 aliphatic heterocycles. The van der Waals surface area contributed by atoms with Crippen molar-refractivity contribution in [1.29, 1.82) is 0 Å². The number of hydrazine groups is 1. The summed E-state index contributed by atoms with van der Waals surface area (Å²) in [6.07, 6.45) is 1.47. The van der Waals surface area contributed by atoms with E-state index in [0.29, 0.717) is 0 Å². The van der Waals surface area contributed by atoms with E-state index in [1.807, 2.05) is 37.3 Å². The molecule has 0 saturated heterocycles. The minimum atomic E-state index is -3.86. The van der Waals surface area contributed by atoms with E-state index in [1.165, 1.54) is 18.2 Å². The third-order valence-corrected chi connectivity index (χ3v) is 4.69. The van der Waals surface area contributed by atoms with Crippen LogP contribution >= 0.6 is 0 Å². The number of sulfonamides is 1. The minimum absolute atomic E-state index is 0.0544. The molecular weight excluding hydrogens is 354 g/mol. The van der Waals surface area contributed by atoms with Gasteiger partial charge in [-0.2, -0.15) is 0 Å². The Kier molecular flexibility index (Phi) is 6.90. The largest absolute Gasteiger partial charge is 0.284 e. The van der Waals surface area contributed by atoms with Crippen LogP contribution in [0.1, 0.15) is 18.1 Å². The summed E-state index contributed by atoms with van der Waals surface area (Å²) in [6.45, 7) is 3.73. The number of hydroxylamine groups is 1. The average molecular weight is 375 g/mol. The van der Waals surface area contributed by atoms with Gasteiger partial charge in [0.05, 0.1) is 11.5 Å². The highest BCUT2D eigenvalue weighted by Crippen LogP contribution is 2.09. The molecule has 138 valence electrons. The van der Waals surface area contributed by atoms with Gasteiger partial charge in [0.2, 0.25) is 0 Å². The average Bonchev–Trinajstić information content (AvgIpc) is 2.64. The van der Waals surface area contributed by atoms with Gasteiger partial charge in [0.15, 0.2) is 0 Å². The summed E-state index contributed by atoms with van der Waals surface area (Å²) in [6, 6.07) is 15.7. The highest BCUT2D eigenvalue weighted by Gasteiger charge is 2.16. The summed E-state index contributed by atoms with van der Waals surface area (Å²) in [5.41, 5.74) is 6.60. The molecule has 0 aliphatic rings. The molecule has 3 N–H and O–H groups in total. The summed E-state index contributed by atoms with van der Waals surface area (Å²) >= 11 is 0. The molecule has 0 saturated carbocycles. The Morgan fingerprint density at radius 3 is 2.35 bits per heavy atom. The molecule has 8 heteroatoms. The van der Waals surface area contributed by atoms with Gasteiger partial charge in [0.1, 0.15) is 5.70 Å². The molecular formula is C18H21N3O4S. The quantitative estimate of drug-likeness (QED) is 0.484. The molecule has 0 radical (unpaired) electrons. The van der Waals surface area contributed by atoms with Crippen LogP contribution in [0.2, 0.25) is 0 Å². The van der Waals surface area contributed by atoms with Crippen molar-refractivity contribution in [3.63, 3.8) is 0 Å². The Morgan fingerprint density at radius 1 is 1.08 bits per heavy atom. The first-order valence-corrected chi connectivity index (χ1v) is 9.37. The lowest BCUT2D eigenvalue weighted by Gasteiger charge is -2.12. The third-order valence-electron chi connectivity index (χ3n) is 3.43. The van der Waals surface area contributed by atoms with Crippen molar-refractivity contribution in [3.8, 4) is 0 Å². The van der Waals surface area contributed by atoms with Crippen LogP contribution in [0.25, 0.3) is 0 Å². The summed E-state index contributed by atoms with van der Waals surface area (Å²) in [7, 11) is -3.86. The first kappa shape index (κ1) is 19.6. The van der Waals surface area contributed by atoms with Crippen LogP contribution in [0, 0.1) is 6.92 Å². The predicted molar refractivity (Wildman–Crippen MR) is 97.8 cm³/mol. The fourth-order valence-electron chi connectivity index (χ4n) is 1.96. The molecule has 1 amide bonds. The first-order valence-electron chi connectivity index (χ1n) is 7.89. The molecule has 0 unspecified atom stereocenters. The van der Waals surface area contributed by atoms with Crippen molar-refractivity contribution in [3.05, 3.63) is 77.5 Å². The molecule has 0 aliphatic carbocycles. The summed E-state index contributed by atoms with van der Waals surface area (Å²) in [4.78, 5) is 19.5. The van der Waals surface area contributed by atoms with Gasteiger partial charge in [-0.05, 0) is 31.5 Å². The molecule has 2 rings (SSSR count). The van der Waals surface area contributed by atoms with Crippen LogP contribution in [0.15, 0.2) is 71.3 Å². The second kappa shape index (κ2) is 9.14. The number of carbonyl (C=O) groups excluding carboxylic acids is 1. The fraction of sp³-hybridized carbons (Fsp3) is 0.167. The van der Waals surface area contributed by atoms with Crippen molar-refractivity contribution in [2.24, 2.45) is 0 Å². The van der Waals surface area contributed by atoms with Crippen LogP contribution in [-0.2, 0) is 26.3 Å². The lowest BCUT2D eigenvalue weighted by atomic mass is 10.2. The Labute approximate surface area is 153 Å². The highest BCUT2D eigenvalue weighted by molar-refractivity contribution is 7.89. The lowest BCUT2D eigenvalue weighted by molar-refractivity contribution is -0.120. The van der Waals surface area contributed by atoms with Gasteiger partial charge in [-0.15, -0.1) is 4.83 Å². The van der Waals surface area contributed by atoms with Crippen molar-refractivity contribution in [2.75, 3.05) is 0 Å². The molecule has 2 aromatic carbocycles. The Balaban J connectivity index is 1.87. The van der Waals surface area contributed by atoms with E-state index in [1.54, 1.807) is 19.1 Å². The van der Waals surface area contributed by atoms with Crippen LogP contribution in [0.4, 0.5) is 0 Å². The number of nitrogens with one attached hydrogen (secondary N) is 3. The minimum Gasteiger partial charge on any atom is -0.272 e. The normalized spacial score (nSPS) is 11.8. The standard InChI is InChI=1S/C18H21N3O4S/c1-3-17(20-25-13-15-7-5-4-6-8-15)18(22)19-21-26(23,24)16-11-9-14(2)10-12-16/h3-12,20-21H,13H2,1-2H3,(H,19,22)/b17-3-. The maximum absolute atomic E-state index is 12.2. The maximum Gasteiger partial charge on any atom is 0.284 e. The number of rotatable bonds is 8. The van der Waals surface area contributed by atoms with E-state index in [9.17, 15) is 13.2 Å². The molecule has 0 fully saturated rings. The zero-order valence-corrected chi connectivity index (χ0v) is 15.3. The summed E-state index contributed by atoms with van der Waals surface area (Å²) in [5.74, 6) is -0.670. The van der Waals surface area contributed by atoms with Gasteiger partial charge in [-0.25, -0.2) is 8.42 Å². The van der Waals surface area contributed by atoms with Crippen LogP contribution in [0.3, 0.4) is 0 Å². The molecule has 0 heterocycles. The topological polar surface area (TPSA) is 96.5 Å². The maximum atomic E-state index is 12.2. The summed E-state index contributed by atoms with van der Waals surface area (Å²) < 4.78 is 24.3. The molecule has 7 nitrogen and oxygen atoms in total. The van der Waals surface area contributed by atoms with E-state index >= 15 is 0 Å². The number of amides is 1. The zero-order valence-electron chi connectivity index (χ0n) is 14.5. The fourth-order valence-corrected chi connectivity index (χ4v) is 2.80. The SMILES string of the molecule is C/C=C(\NOCc1ccccc1)C(=O)NNS(=O)(=O)c1ccc(C)cc1. The molecule has 0 spiro atoms. The Bertz CT molecular complexity index is 863. The van der Waals surface area contributed by atoms with Crippen molar-refractivity contribution < 1.29 is 18.0 Å². The Morgan fingerprint density at radius 2 is 1.73 bits per heavy atom. The number of hydrogen-bond donors (Lipinski definition) is 3. The van der Waals surface area contributed by atoms with E-state index in [-0.39, 0.29) is 17.2 Å². The van der Waals surface area contributed by atoms with Gasteiger partial charge in [-0.1, -0.05) is 54.1 Å². The van der Waals surface area contributed by atoms with Gasteiger partial charge < -0.3 is 0 Å². The van der Waals surface area contributed by atoms with Crippen molar-refractivity contribution >= 4 is 15.9 Å². The zero-order chi connectivity index (χ0) is 19.0. The van der Waals surface area contributed by atoms with Crippen molar-refractivity contribution in [1.82, 2.24) is 15.7 Å². The second-order valence-electron chi connectivity index (χ2n) is 5.45. The van der Waals surface area contributed by atoms with Crippen LogP contribution in [-0.4, -0.2) is 14.3 Å². The molecule has 0 bridgehead atoms. The number of hydrogen-bond acceptors (Lipinski definition) is 5. The van der Waals surface area contributed by atoms with E-state index < -0.39 is 15.9 Å². The first-order chi connectivity index (χ1) is 12.4. The van der Waals surface area contributed by atoms with E-state index in [0.717, 1.165) is 11.1 Å². The van der Waals surface area contributed by atoms with E-state index in [4.69, 9.17) is 4.84 Å². The van der Waals surface area contributed by atoms with Gasteiger partial charge in [0, 0.05) is 0 Å². The highest BCUT2D eigenvalue weighted by atomic mass is 32.2. The number of aryl methyl sites for hydroxylation is 1. The number of allylic oxidation sites excluding steroid dienone is 1. The van der Waals surface area contributed by atoms with Crippen LogP contribution < -0.4 is 15.7 Å². The van der Waals surface area contributed by atoms with Gasteiger partial charge in [-0.3, -0.25) is 20.5 Å². The lowest BCUT2D eigenvalue weighted by Crippen LogP contribution is -2.44. The van der Waals surface area contributed by atoms with Gasteiger partial charge in [0.25, 0.3) is 15.9 Å². The smallest absolute Gasteiger partial charge is 0.272 e.